The molecule has 3 saturated heterocycles. The van der Waals surface area contributed by atoms with Crippen molar-refractivity contribution >= 4 is 17.7 Å². The number of carbonyl (C=O) groups is 3. The summed E-state index contributed by atoms with van der Waals surface area (Å²) in [6.45, 7) is 3.39. The standard InChI is InChI=1S/C37H62N6O13/c1-5-6-7-8-9-10-11-12-13-14-16-42-33(51)20(2)24(34(42)52)21(44)19-41(4)25(32(50)39-3)30(56-36-29(49)26(46)22(18-38)54-36)31-27(47)28(48)35(55-31)43-17-15-23(45)40-37(43)53/h15,17,20-22,24-31,35-36,44,46-49H,5-14,16,18-19,38H2,1-4H3,(H,39,50)(H,40,45,53)/t20?,21-,22?,24-,25-,26?,27?,28?,29?,30-,31?,35?,36?/m0/s1. The second-order valence-electron chi connectivity index (χ2n) is 15.2. The van der Waals surface area contributed by atoms with E-state index in [9.17, 15) is 49.5 Å². The van der Waals surface area contributed by atoms with Gasteiger partial charge in [-0.1, -0.05) is 71.6 Å². The number of nitrogens with zero attached hydrogens (tertiary/aromatic N) is 3. The van der Waals surface area contributed by atoms with Crippen molar-refractivity contribution < 1.29 is 54.1 Å². The molecule has 0 bridgehead atoms. The van der Waals surface area contributed by atoms with E-state index in [0.717, 1.165) is 42.5 Å². The molecular weight excluding hydrogens is 736 g/mol. The van der Waals surface area contributed by atoms with Gasteiger partial charge in [0.15, 0.2) is 12.5 Å². The summed E-state index contributed by atoms with van der Waals surface area (Å²) in [6.07, 6.45) is -4.00. The number of aliphatic hydroxyl groups excluding tert-OH is 5. The molecule has 3 aliphatic heterocycles. The number of likely N-dealkylation sites (tertiary alicyclic amines) is 1. The van der Waals surface area contributed by atoms with Gasteiger partial charge in [-0.3, -0.25) is 38.5 Å². The third kappa shape index (κ3) is 10.5. The molecule has 1 aromatic rings. The fraction of sp³-hybridized carbons (Fsp3) is 0.811. The number of nitrogens with one attached hydrogen (secondary N) is 2. The van der Waals surface area contributed by atoms with Crippen LogP contribution in [-0.2, 0) is 28.6 Å². The monoisotopic (exact) mass is 798 g/mol. The fourth-order valence-electron chi connectivity index (χ4n) is 7.97. The summed E-state index contributed by atoms with van der Waals surface area (Å²) in [4.78, 5) is 69.5. The number of H-pyrrole nitrogens is 1. The normalized spacial score (nSPS) is 31.0. The Labute approximate surface area is 326 Å². The number of hydrogen-bond donors (Lipinski definition) is 8. The zero-order valence-corrected chi connectivity index (χ0v) is 32.8. The summed E-state index contributed by atoms with van der Waals surface area (Å²) in [5.74, 6) is -3.68. The van der Waals surface area contributed by atoms with Gasteiger partial charge in [0.05, 0.1) is 12.0 Å². The number of aliphatic hydroxyl groups is 5. The Morgan fingerprint density at radius 2 is 1.57 bits per heavy atom. The van der Waals surface area contributed by atoms with Crippen LogP contribution < -0.4 is 22.3 Å². The Morgan fingerprint density at radius 3 is 2.14 bits per heavy atom. The molecule has 9 unspecified atom stereocenters. The number of imide groups is 1. The minimum atomic E-state index is -1.85. The predicted molar refractivity (Wildman–Crippen MR) is 200 cm³/mol. The molecule has 3 fully saturated rings. The van der Waals surface area contributed by atoms with Gasteiger partial charge in [0.2, 0.25) is 17.7 Å². The number of nitrogens with two attached hydrogens (primary N) is 1. The largest absolute Gasteiger partial charge is 0.391 e. The van der Waals surface area contributed by atoms with E-state index in [2.05, 4.69) is 12.2 Å². The number of amides is 3. The van der Waals surface area contributed by atoms with Crippen molar-refractivity contribution in [3.63, 3.8) is 0 Å². The first-order valence-electron chi connectivity index (χ1n) is 19.8. The minimum absolute atomic E-state index is 0.214. The number of carbonyl (C=O) groups excluding carboxylic acids is 3. The molecule has 0 spiro atoms. The van der Waals surface area contributed by atoms with Gasteiger partial charge < -0.3 is 50.8 Å². The van der Waals surface area contributed by atoms with E-state index in [1.165, 1.54) is 56.0 Å². The van der Waals surface area contributed by atoms with Gasteiger partial charge in [0, 0.05) is 44.9 Å². The molecule has 3 aliphatic rings. The van der Waals surface area contributed by atoms with Gasteiger partial charge in [0.1, 0.15) is 48.8 Å². The van der Waals surface area contributed by atoms with E-state index in [0.29, 0.717) is 6.42 Å². The number of likely N-dealkylation sites (N-methyl/N-ethyl adjacent to an activating group) is 2. The van der Waals surface area contributed by atoms with E-state index in [1.807, 2.05) is 4.98 Å². The Hall–Kier alpha value is -3.11. The number of aromatic nitrogens is 2. The molecule has 3 amide bonds. The zero-order chi connectivity index (χ0) is 41.3. The van der Waals surface area contributed by atoms with Crippen LogP contribution in [0.3, 0.4) is 0 Å². The van der Waals surface area contributed by atoms with Crippen LogP contribution in [0.15, 0.2) is 21.9 Å². The average Bonchev–Trinajstić information content (AvgIpc) is 3.69. The third-order valence-corrected chi connectivity index (χ3v) is 11.2. The molecule has 0 aliphatic carbocycles. The number of rotatable bonds is 22. The molecule has 13 atom stereocenters. The van der Waals surface area contributed by atoms with Gasteiger partial charge in [-0.15, -0.1) is 0 Å². The molecule has 4 rings (SSSR count). The van der Waals surface area contributed by atoms with Crippen LogP contribution in [-0.4, -0.2) is 157 Å². The summed E-state index contributed by atoms with van der Waals surface area (Å²) < 4.78 is 18.6. The Balaban J connectivity index is 1.51. The average molecular weight is 799 g/mol. The van der Waals surface area contributed by atoms with Crippen molar-refractivity contribution in [3.8, 4) is 0 Å². The van der Waals surface area contributed by atoms with Crippen LogP contribution >= 0.6 is 0 Å². The molecule has 19 nitrogen and oxygen atoms in total. The van der Waals surface area contributed by atoms with E-state index in [4.69, 9.17) is 19.9 Å². The smallest absolute Gasteiger partial charge is 0.330 e. The van der Waals surface area contributed by atoms with Crippen LogP contribution in [0.2, 0.25) is 0 Å². The first kappa shape index (κ1) is 45.6. The highest BCUT2D eigenvalue weighted by molar-refractivity contribution is 6.05. The lowest BCUT2D eigenvalue weighted by molar-refractivity contribution is -0.233. The summed E-state index contributed by atoms with van der Waals surface area (Å²) in [7, 11) is 2.72. The molecular formula is C37H62N6O13. The van der Waals surface area contributed by atoms with E-state index < -0.39 is 108 Å². The van der Waals surface area contributed by atoms with Crippen LogP contribution in [0.5, 0.6) is 0 Å². The predicted octanol–water partition coefficient (Wildman–Crippen LogP) is -2.10. The molecule has 19 heteroatoms. The molecule has 56 heavy (non-hydrogen) atoms. The van der Waals surface area contributed by atoms with Crippen molar-refractivity contribution in [1.29, 1.82) is 0 Å². The first-order chi connectivity index (χ1) is 26.7. The van der Waals surface area contributed by atoms with Gasteiger partial charge >= 0.3 is 5.69 Å². The van der Waals surface area contributed by atoms with Gasteiger partial charge in [-0.25, -0.2) is 4.79 Å². The lowest BCUT2D eigenvalue weighted by Gasteiger charge is -2.39. The van der Waals surface area contributed by atoms with Crippen molar-refractivity contribution in [2.45, 2.75) is 145 Å². The van der Waals surface area contributed by atoms with Crippen molar-refractivity contribution in [2.75, 3.05) is 33.7 Å². The number of hydrogen-bond acceptors (Lipinski definition) is 15. The third-order valence-electron chi connectivity index (χ3n) is 11.2. The van der Waals surface area contributed by atoms with Crippen molar-refractivity contribution in [2.24, 2.45) is 17.6 Å². The van der Waals surface area contributed by atoms with E-state index in [1.54, 1.807) is 6.92 Å². The molecule has 318 valence electrons. The summed E-state index contributed by atoms with van der Waals surface area (Å²) in [5.41, 5.74) is 4.00. The van der Waals surface area contributed by atoms with Gasteiger partial charge in [-0.2, -0.15) is 0 Å². The first-order valence-corrected chi connectivity index (χ1v) is 19.8. The molecule has 1 aromatic heterocycles. The topological polar surface area (TPSA) is 279 Å². The number of aromatic amines is 1. The Bertz CT molecular complexity index is 1560. The fourth-order valence-corrected chi connectivity index (χ4v) is 7.97. The maximum absolute atomic E-state index is 13.7. The van der Waals surface area contributed by atoms with Crippen LogP contribution in [0, 0.1) is 11.8 Å². The van der Waals surface area contributed by atoms with Crippen molar-refractivity contribution in [1.82, 2.24) is 24.7 Å². The summed E-state index contributed by atoms with van der Waals surface area (Å²) >= 11 is 0. The lowest BCUT2D eigenvalue weighted by atomic mass is 9.90. The maximum Gasteiger partial charge on any atom is 0.330 e. The lowest BCUT2D eigenvalue weighted by Crippen LogP contribution is -2.61. The Kier molecular flexibility index (Phi) is 17.1. The molecule has 9 N–H and O–H groups in total. The molecule has 0 saturated carbocycles. The van der Waals surface area contributed by atoms with Crippen LogP contribution in [0.1, 0.15) is 84.3 Å². The second kappa shape index (κ2) is 21.1. The van der Waals surface area contributed by atoms with Crippen molar-refractivity contribution in [3.05, 3.63) is 33.1 Å². The van der Waals surface area contributed by atoms with Crippen LogP contribution in [0.25, 0.3) is 0 Å². The van der Waals surface area contributed by atoms with E-state index >= 15 is 0 Å². The molecule has 0 radical (unpaired) electrons. The van der Waals surface area contributed by atoms with Crippen LogP contribution in [0.4, 0.5) is 0 Å². The molecule has 0 aromatic carbocycles. The number of ether oxygens (including phenoxy) is 3. The Morgan fingerprint density at radius 1 is 0.946 bits per heavy atom. The SMILES string of the molecule is CCCCCCCCCCCCN1C(=O)C(C)[C@@H]([C@@H](O)CN(C)[C@H](C(=O)NC)[C@H](OC2OC(CN)C(O)C2O)C2OC(n3ccc(=O)[nH]c3=O)C(O)C2O)C1=O. The number of unbranched alkanes of at least 4 members (excludes halogenated alkanes) is 9. The maximum atomic E-state index is 13.7. The minimum Gasteiger partial charge on any atom is -0.391 e. The quantitative estimate of drug-likeness (QED) is 0.0461. The summed E-state index contributed by atoms with van der Waals surface area (Å²) in [5, 5.41) is 57.8. The van der Waals surface area contributed by atoms with Gasteiger partial charge in [0.25, 0.3) is 5.56 Å². The van der Waals surface area contributed by atoms with E-state index in [-0.39, 0.29) is 19.6 Å². The zero-order valence-electron chi connectivity index (χ0n) is 32.8. The highest BCUT2D eigenvalue weighted by atomic mass is 16.7. The highest BCUT2D eigenvalue weighted by Crippen LogP contribution is 2.36. The second-order valence-corrected chi connectivity index (χ2v) is 15.2. The molecule has 4 heterocycles. The highest BCUT2D eigenvalue weighted by Gasteiger charge is 2.55. The van der Waals surface area contributed by atoms with Gasteiger partial charge in [-0.05, 0) is 13.5 Å². The summed E-state index contributed by atoms with van der Waals surface area (Å²) in [6, 6.07) is -0.526.